The summed E-state index contributed by atoms with van der Waals surface area (Å²) >= 11 is 0. The Morgan fingerprint density at radius 3 is 2.62 bits per heavy atom. The van der Waals surface area contributed by atoms with Gasteiger partial charge in [-0.3, -0.25) is 4.90 Å². The number of rotatable bonds is 8. The second-order valence-electron chi connectivity index (χ2n) is 10.8. The Labute approximate surface area is 235 Å². The third-order valence-electron chi connectivity index (χ3n) is 7.57. The number of piperidine rings is 1. The van der Waals surface area contributed by atoms with Crippen molar-refractivity contribution in [2.24, 2.45) is 0 Å². The highest BCUT2D eigenvalue weighted by atomic mass is 16.6. The molecule has 0 saturated carbocycles. The molecule has 0 spiro atoms. The molecule has 5 rings (SSSR count). The number of carbonyl (C=O) groups is 1. The molecule has 40 heavy (non-hydrogen) atoms. The van der Waals surface area contributed by atoms with Gasteiger partial charge in [0.1, 0.15) is 17.6 Å². The molecule has 3 aromatic heterocycles. The van der Waals surface area contributed by atoms with Crippen molar-refractivity contribution in [3.63, 3.8) is 0 Å². The van der Waals surface area contributed by atoms with Crippen LogP contribution in [-0.2, 0) is 4.74 Å². The van der Waals surface area contributed by atoms with Crippen molar-refractivity contribution in [2.45, 2.75) is 45.3 Å². The molecule has 11 heteroatoms. The molecule has 0 atom stereocenters. The molecule has 5 heterocycles. The molecule has 2 aliphatic rings. The summed E-state index contributed by atoms with van der Waals surface area (Å²) in [6, 6.07) is 8.22. The van der Waals surface area contributed by atoms with Crippen molar-refractivity contribution in [1.29, 1.82) is 5.26 Å². The van der Waals surface area contributed by atoms with Gasteiger partial charge in [-0.15, -0.1) is 0 Å². The van der Waals surface area contributed by atoms with Crippen molar-refractivity contribution in [2.75, 3.05) is 57.3 Å². The number of anilines is 1. The Kier molecular flexibility index (Phi) is 8.38. The van der Waals surface area contributed by atoms with Crippen molar-refractivity contribution in [1.82, 2.24) is 30.1 Å². The lowest BCUT2D eigenvalue weighted by Gasteiger charge is -2.45. The van der Waals surface area contributed by atoms with Crippen LogP contribution in [0.25, 0.3) is 16.6 Å². The van der Waals surface area contributed by atoms with Crippen LogP contribution >= 0.6 is 0 Å². The fraction of sp³-hybridized carbons (Fsp3) is 0.517. The Morgan fingerprint density at radius 1 is 1.20 bits per heavy atom. The second kappa shape index (κ2) is 12.1. The van der Waals surface area contributed by atoms with E-state index in [1.165, 1.54) is 0 Å². The van der Waals surface area contributed by atoms with Crippen LogP contribution in [0.4, 0.5) is 10.6 Å². The zero-order chi connectivity index (χ0) is 28.1. The van der Waals surface area contributed by atoms with Crippen molar-refractivity contribution in [3.8, 4) is 22.9 Å². The number of carbonyl (C=O) groups excluding carboxylic acids is 1. The number of nitrogens with zero attached hydrogens (tertiary/aromatic N) is 6. The molecule has 2 aliphatic heterocycles. The number of hydrogen-bond donors (Lipinski definition) is 2. The average Bonchev–Trinajstić information content (AvgIpc) is 3.36. The lowest BCUT2D eigenvalue weighted by molar-refractivity contribution is 0.0863. The molecule has 11 nitrogen and oxygen atoms in total. The summed E-state index contributed by atoms with van der Waals surface area (Å²) in [5.74, 6) is 1.57. The fourth-order valence-electron chi connectivity index (χ4n) is 5.62. The number of nitrogens with one attached hydrogen (secondary N) is 2. The van der Waals surface area contributed by atoms with E-state index in [2.05, 4.69) is 31.6 Å². The van der Waals surface area contributed by atoms with E-state index in [4.69, 9.17) is 14.5 Å². The molecule has 2 fully saturated rings. The average molecular weight is 547 g/mol. The molecule has 1 amide bonds. The molecule has 0 aliphatic carbocycles. The molecule has 2 N–H and O–H groups in total. The number of amides is 1. The van der Waals surface area contributed by atoms with Gasteiger partial charge >= 0.3 is 6.09 Å². The van der Waals surface area contributed by atoms with E-state index in [1.54, 1.807) is 16.9 Å². The minimum Gasteiger partial charge on any atom is -0.492 e. The van der Waals surface area contributed by atoms with Crippen LogP contribution in [0, 0.1) is 11.3 Å². The number of hydrogen-bond acceptors (Lipinski definition) is 9. The quantitative estimate of drug-likeness (QED) is 0.439. The first-order valence-corrected chi connectivity index (χ1v) is 14.1. The summed E-state index contributed by atoms with van der Waals surface area (Å²) in [6.45, 7) is 12.4. The monoisotopic (exact) mass is 546 g/mol. The van der Waals surface area contributed by atoms with E-state index < -0.39 is 0 Å². The van der Waals surface area contributed by atoms with E-state index in [0.717, 1.165) is 81.1 Å². The predicted octanol–water partition coefficient (Wildman–Crippen LogP) is 3.05. The molecular formula is C29H38N8O3. The van der Waals surface area contributed by atoms with Crippen LogP contribution in [0.3, 0.4) is 0 Å². The Bertz CT molecular complexity index is 1350. The first-order valence-electron chi connectivity index (χ1n) is 14.1. The summed E-state index contributed by atoms with van der Waals surface area (Å²) in [4.78, 5) is 22.2. The highest BCUT2D eigenvalue weighted by Gasteiger charge is 2.38. The maximum atomic E-state index is 12.7. The molecule has 212 valence electrons. The van der Waals surface area contributed by atoms with Gasteiger partial charge in [0, 0.05) is 63.1 Å². The summed E-state index contributed by atoms with van der Waals surface area (Å²) in [6.07, 6.45) is 6.28. The maximum absolute atomic E-state index is 12.7. The Balaban J connectivity index is 1.33. The zero-order valence-corrected chi connectivity index (χ0v) is 23.5. The zero-order valence-electron chi connectivity index (χ0n) is 23.5. The molecule has 3 aromatic rings. The lowest BCUT2D eigenvalue weighted by atomic mass is 9.86. The third-order valence-corrected chi connectivity index (χ3v) is 7.57. The van der Waals surface area contributed by atoms with Crippen LogP contribution in [0.1, 0.15) is 39.2 Å². The lowest BCUT2D eigenvalue weighted by Crippen LogP contribution is -2.62. The molecule has 0 aromatic carbocycles. The van der Waals surface area contributed by atoms with Gasteiger partial charge in [-0.05, 0) is 51.8 Å². The van der Waals surface area contributed by atoms with Crippen LogP contribution in [0.5, 0.6) is 5.75 Å². The molecule has 0 bridgehead atoms. The minimum atomic E-state index is -0.349. The predicted molar refractivity (Wildman–Crippen MR) is 153 cm³/mol. The third kappa shape index (κ3) is 6.13. The standard InChI is InChI=1S/C29H38N8O3/c1-4-39-24-15-25(27-23(16-30)18-33-37(27)19-24)22-5-6-26(32-17-22)36-11-7-29(8-12-36,34-28(38)40-21(2)3)20-35-13-9-31-10-14-35/h5-6,15,17-19,21,31H,4,7-14,20H2,1-3H3,(H,34,38). The van der Waals surface area contributed by atoms with Crippen molar-refractivity contribution < 1.29 is 14.3 Å². The van der Waals surface area contributed by atoms with Gasteiger partial charge in [-0.2, -0.15) is 10.4 Å². The Morgan fingerprint density at radius 2 is 1.98 bits per heavy atom. The van der Waals surface area contributed by atoms with Gasteiger partial charge in [0.05, 0.1) is 41.7 Å². The SMILES string of the molecule is CCOc1cc(-c2ccc(N3CCC(CN4CCNCC4)(NC(=O)OC(C)C)CC3)nc2)c2c(C#N)cnn2c1. The number of piperazine rings is 1. The smallest absolute Gasteiger partial charge is 0.407 e. The molecule has 0 unspecified atom stereocenters. The van der Waals surface area contributed by atoms with E-state index in [0.29, 0.717) is 17.9 Å². The summed E-state index contributed by atoms with van der Waals surface area (Å²) in [5, 5.41) is 20.6. The molecular weight excluding hydrogens is 508 g/mol. The number of ether oxygens (including phenoxy) is 2. The van der Waals surface area contributed by atoms with Crippen LogP contribution in [0.15, 0.2) is 36.8 Å². The van der Waals surface area contributed by atoms with E-state index >= 15 is 0 Å². The molecule has 0 radical (unpaired) electrons. The van der Waals surface area contributed by atoms with E-state index in [1.807, 2.05) is 45.2 Å². The largest absolute Gasteiger partial charge is 0.492 e. The van der Waals surface area contributed by atoms with Gasteiger partial charge in [0.25, 0.3) is 0 Å². The van der Waals surface area contributed by atoms with Gasteiger partial charge in [-0.1, -0.05) is 0 Å². The number of pyridine rings is 2. The number of aromatic nitrogens is 3. The van der Waals surface area contributed by atoms with E-state index in [9.17, 15) is 10.1 Å². The Hall–Kier alpha value is -3.88. The summed E-state index contributed by atoms with van der Waals surface area (Å²) < 4.78 is 12.9. The number of nitriles is 1. The van der Waals surface area contributed by atoms with E-state index in [-0.39, 0.29) is 17.7 Å². The summed E-state index contributed by atoms with van der Waals surface area (Å²) in [7, 11) is 0. The number of alkyl carbamates (subject to hydrolysis) is 1. The minimum absolute atomic E-state index is 0.165. The normalized spacial score (nSPS) is 17.5. The van der Waals surface area contributed by atoms with Crippen LogP contribution < -0.4 is 20.3 Å². The van der Waals surface area contributed by atoms with Gasteiger partial charge in [0.2, 0.25) is 0 Å². The topological polar surface area (TPSA) is 120 Å². The van der Waals surface area contributed by atoms with Gasteiger partial charge in [-0.25, -0.2) is 14.3 Å². The van der Waals surface area contributed by atoms with Gasteiger partial charge in [0.15, 0.2) is 0 Å². The van der Waals surface area contributed by atoms with Crippen molar-refractivity contribution in [3.05, 3.63) is 42.4 Å². The first-order chi connectivity index (χ1) is 19.4. The first kappa shape index (κ1) is 27.7. The fourth-order valence-corrected chi connectivity index (χ4v) is 5.62. The van der Waals surface area contributed by atoms with Crippen LogP contribution in [0.2, 0.25) is 0 Å². The maximum Gasteiger partial charge on any atom is 0.407 e. The highest BCUT2D eigenvalue weighted by molar-refractivity contribution is 5.85. The van der Waals surface area contributed by atoms with Gasteiger partial charge < -0.3 is 25.0 Å². The summed E-state index contributed by atoms with van der Waals surface area (Å²) in [5.41, 5.74) is 2.62. The highest BCUT2D eigenvalue weighted by Crippen LogP contribution is 2.32. The van der Waals surface area contributed by atoms with Crippen molar-refractivity contribution >= 4 is 17.4 Å². The molecule has 2 saturated heterocycles. The second-order valence-corrected chi connectivity index (χ2v) is 10.8. The van der Waals surface area contributed by atoms with Crippen LogP contribution in [-0.4, -0.2) is 89.7 Å². The number of fused-ring (bicyclic) bond motifs is 1.